The van der Waals surface area contributed by atoms with Gasteiger partial charge in [-0.15, -0.1) is 0 Å². The predicted molar refractivity (Wildman–Crippen MR) is 90.1 cm³/mol. The van der Waals surface area contributed by atoms with Gasteiger partial charge in [-0.05, 0) is 12.1 Å². The monoisotopic (exact) mass is 311 g/mol. The van der Waals surface area contributed by atoms with Crippen molar-refractivity contribution in [2.24, 2.45) is 0 Å². The van der Waals surface area contributed by atoms with Gasteiger partial charge < -0.3 is 19.7 Å². The van der Waals surface area contributed by atoms with Gasteiger partial charge in [0.15, 0.2) is 11.5 Å². The lowest BCUT2D eigenvalue weighted by molar-refractivity contribution is -0.918. The molecule has 0 unspecified atom stereocenters. The van der Waals surface area contributed by atoms with Gasteiger partial charge in [0.1, 0.15) is 6.54 Å². The van der Waals surface area contributed by atoms with Crippen LogP contribution in [0.5, 0.6) is 11.5 Å². The Kier molecular flexibility index (Phi) is 4.07. The number of nitrogens with one attached hydrogen (secondary N) is 2. The van der Waals surface area contributed by atoms with Crippen molar-refractivity contribution in [3.05, 3.63) is 54.1 Å². The number of piperidine rings is 1. The Morgan fingerprint density at radius 1 is 0.957 bits per heavy atom. The molecule has 2 aliphatic rings. The molecule has 2 heterocycles. The second-order valence-corrected chi connectivity index (χ2v) is 6.40. The van der Waals surface area contributed by atoms with Gasteiger partial charge in [-0.3, -0.25) is 0 Å². The van der Waals surface area contributed by atoms with E-state index in [2.05, 4.69) is 41.7 Å². The molecular weight excluding hydrogens is 288 g/mol. The van der Waals surface area contributed by atoms with Gasteiger partial charge >= 0.3 is 0 Å². The van der Waals surface area contributed by atoms with Crippen molar-refractivity contribution < 1.29 is 14.4 Å². The molecule has 0 amide bonds. The molecule has 23 heavy (non-hydrogen) atoms. The van der Waals surface area contributed by atoms with Crippen molar-refractivity contribution in [1.82, 2.24) is 0 Å². The molecule has 2 N–H and O–H groups in total. The van der Waals surface area contributed by atoms with E-state index in [0.717, 1.165) is 23.7 Å². The Morgan fingerprint density at radius 3 is 2.57 bits per heavy atom. The number of likely N-dealkylation sites (tertiary alicyclic amines) is 1. The zero-order chi connectivity index (χ0) is 15.5. The molecule has 0 aromatic heterocycles. The molecule has 0 atom stereocenters. The van der Waals surface area contributed by atoms with Crippen LogP contribution in [0.4, 0.5) is 5.69 Å². The van der Waals surface area contributed by atoms with Crippen LogP contribution in [0, 0.1) is 0 Å². The van der Waals surface area contributed by atoms with Crippen LogP contribution in [0.2, 0.25) is 0 Å². The molecule has 0 saturated carbocycles. The SMILES string of the molecule is c1ccc(C[NH+]2CCC(Nc3ccc4c(c3)OCO4)CC2)cc1. The fourth-order valence-electron chi connectivity index (χ4n) is 3.45. The highest BCUT2D eigenvalue weighted by molar-refractivity contribution is 5.56. The van der Waals surface area contributed by atoms with Gasteiger partial charge in [0, 0.05) is 36.2 Å². The van der Waals surface area contributed by atoms with E-state index in [4.69, 9.17) is 9.47 Å². The summed E-state index contributed by atoms with van der Waals surface area (Å²) in [5.41, 5.74) is 2.57. The van der Waals surface area contributed by atoms with Gasteiger partial charge in [-0.25, -0.2) is 0 Å². The molecule has 2 aromatic carbocycles. The Bertz CT molecular complexity index is 652. The Morgan fingerprint density at radius 2 is 1.74 bits per heavy atom. The third-order valence-electron chi connectivity index (χ3n) is 4.73. The molecule has 4 rings (SSSR count). The Balaban J connectivity index is 1.30. The van der Waals surface area contributed by atoms with Gasteiger partial charge in [-0.2, -0.15) is 0 Å². The summed E-state index contributed by atoms with van der Waals surface area (Å²) in [4.78, 5) is 1.68. The molecule has 0 bridgehead atoms. The summed E-state index contributed by atoms with van der Waals surface area (Å²) < 4.78 is 10.8. The van der Waals surface area contributed by atoms with Gasteiger partial charge in [-0.1, -0.05) is 30.3 Å². The van der Waals surface area contributed by atoms with Gasteiger partial charge in [0.05, 0.1) is 13.1 Å². The van der Waals surface area contributed by atoms with Gasteiger partial charge in [0.2, 0.25) is 6.79 Å². The second kappa shape index (κ2) is 6.50. The summed E-state index contributed by atoms with van der Waals surface area (Å²) in [6.07, 6.45) is 2.41. The molecule has 4 heteroatoms. The summed E-state index contributed by atoms with van der Waals surface area (Å²) in [6.45, 7) is 3.91. The summed E-state index contributed by atoms with van der Waals surface area (Å²) in [5.74, 6) is 1.69. The van der Waals surface area contributed by atoms with Gasteiger partial charge in [0.25, 0.3) is 0 Å². The zero-order valence-corrected chi connectivity index (χ0v) is 13.3. The van der Waals surface area contributed by atoms with Crippen LogP contribution in [-0.2, 0) is 6.54 Å². The largest absolute Gasteiger partial charge is 0.454 e. The predicted octanol–water partition coefficient (Wildman–Crippen LogP) is 2.07. The third kappa shape index (κ3) is 3.42. The highest BCUT2D eigenvalue weighted by Gasteiger charge is 2.22. The molecule has 2 aliphatic heterocycles. The fraction of sp³-hybridized carbons (Fsp3) is 0.368. The van der Waals surface area contributed by atoms with Crippen molar-refractivity contribution in [3.63, 3.8) is 0 Å². The highest BCUT2D eigenvalue weighted by atomic mass is 16.7. The van der Waals surface area contributed by atoms with E-state index >= 15 is 0 Å². The highest BCUT2D eigenvalue weighted by Crippen LogP contribution is 2.34. The maximum atomic E-state index is 5.45. The van der Waals surface area contributed by atoms with Crippen molar-refractivity contribution in [2.75, 3.05) is 25.2 Å². The smallest absolute Gasteiger partial charge is 0.231 e. The Labute approximate surface area is 137 Å². The van der Waals surface area contributed by atoms with E-state index < -0.39 is 0 Å². The average molecular weight is 311 g/mol. The molecule has 0 aliphatic carbocycles. The average Bonchev–Trinajstić information content (AvgIpc) is 3.05. The topological polar surface area (TPSA) is 34.9 Å². The zero-order valence-electron chi connectivity index (χ0n) is 13.3. The van der Waals surface area contributed by atoms with Crippen molar-refractivity contribution >= 4 is 5.69 Å². The molecule has 1 saturated heterocycles. The minimum atomic E-state index is 0.333. The first kappa shape index (κ1) is 14.4. The van der Waals surface area contributed by atoms with E-state index in [-0.39, 0.29) is 0 Å². The van der Waals surface area contributed by atoms with Crippen LogP contribution < -0.4 is 19.7 Å². The first-order valence-corrected chi connectivity index (χ1v) is 8.40. The maximum Gasteiger partial charge on any atom is 0.231 e. The number of anilines is 1. The molecule has 4 nitrogen and oxygen atoms in total. The number of hydrogen-bond acceptors (Lipinski definition) is 3. The number of ether oxygens (including phenoxy) is 2. The van der Waals surface area contributed by atoms with Crippen LogP contribution in [0.25, 0.3) is 0 Å². The van der Waals surface area contributed by atoms with Crippen LogP contribution in [0.1, 0.15) is 18.4 Å². The first-order valence-electron chi connectivity index (χ1n) is 8.40. The summed E-state index contributed by atoms with van der Waals surface area (Å²) >= 11 is 0. The first-order chi connectivity index (χ1) is 11.4. The lowest BCUT2D eigenvalue weighted by Crippen LogP contribution is -3.12. The number of quaternary nitrogens is 1. The third-order valence-corrected chi connectivity index (χ3v) is 4.73. The number of hydrogen-bond donors (Lipinski definition) is 2. The Hall–Kier alpha value is -2.20. The van der Waals surface area contributed by atoms with Crippen LogP contribution in [0.15, 0.2) is 48.5 Å². The van der Waals surface area contributed by atoms with Crippen molar-refractivity contribution in [3.8, 4) is 11.5 Å². The van der Waals surface area contributed by atoms with E-state index in [0.29, 0.717) is 12.8 Å². The molecule has 0 spiro atoms. The molecule has 1 fully saturated rings. The standard InChI is InChI=1S/C19H22N2O2/c1-2-4-15(5-3-1)13-21-10-8-16(9-11-21)20-17-6-7-18-19(12-17)23-14-22-18/h1-7,12,16,20H,8-11,13-14H2/p+1. The summed E-state index contributed by atoms with van der Waals surface area (Å²) in [6, 6.07) is 17.5. The van der Waals surface area contributed by atoms with E-state index in [9.17, 15) is 0 Å². The number of fused-ring (bicyclic) bond motifs is 1. The molecular formula is C19H23N2O2+. The molecule has 0 radical (unpaired) electrons. The van der Waals surface area contributed by atoms with Crippen LogP contribution in [0.3, 0.4) is 0 Å². The lowest BCUT2D eigenvalue weighted by atomic mass is 10.0. The van der Waals surface area contributed by atoms with Crippen molar-refractivity contribution in [2.45, 2.75) is 25.4 Å². The normalized spacial score (nSPS) is 22.8. The number of rotatable bonds is 4. The maximum absolute atomic E-state index is 5.45. The molecule has 120 valence electrons. The number of benzene rings is 2. The van der Waals surface area contributed by atoms with Crippen LogP contribution in [-0.4, -0.2) is 25.9 Å². The van der Waals surface area contributed by atoms with E-state index in [1.165, 1.54) is 31.5 Å². The summed E-state index contributed by atoms with van der Waals surface area (Å²) in [7, 11) is 0. The quantitative estimate of drug-likeness (QED) is 0.907. The molecule has 2 aromatic rings. The summed E-state index contributed by atoms with van der Waals surface area (Å²) in [5, 5.41) is 3.65. The minimum absolute atomic E-state index is 0.333. The second-order valence-electron chi connectivity index (χ2n) is 6.40. The van der Waals surface area contributed by atoms with E-state index in [1.54, 1.807) is 4.90 Å². The van der Waals surface area contributed by atoms with Crippen LogP contribution >= 0.6 is 0 Å². The minimum Gasteiger partial charge on any atom is -0.454 e. The van der Waals surface area contributed by atoms with E-state index in [1.807, 2.05) is 12.1 Å². The van der Waals surface area contributed by atoms with Crippen molar-refractivity contribution in [1.29, 1.82) is 0 Å². The fourth-order valence-corrected chi connectivity index (χ4v) is 3.45. The lowest BCUT2D eigenvalue weighted by Gasteiger charge is -2.30.